The van der Waals surface area contributed by atoms with Gasteiger partial charge in [0.1, 0.15) is 5.92 Å². The Balaban J connectivity index is 2.53. The first-order valence-electron chi connectivity index (χ1n) is 6.58. The average molecular weight is 306 g/mol. The Morgan fingerprint density at radius 2 is 1.95 bits per heavy atom. The van der Waals surface area contributed by atoms with Crippen LogP contribution in [0.25, 0.3) is 0 Å². The Hall–Kier alpha value is -2.70. The van der Waals surface area contributed by atoms with Crippen molar-refractivity contribution in [3.63, 3.8) is 0 Å². The summed E-state index contributed by atoms with van der Waals surface area (Å²) in [5.74, 6) is -0.336. The van der Waals surface area contributed by atoms with Gasteiger partial charge in [0.2, 0.25) is 0 Å². The summed E-state index contributed by atoms with van der Waals surface area (Å²) in [5, 5.41) is 5.20. The summed E-state index contributed by atoms with van der Waals surface area (Å²) in [6.45, 7) is 3.74. The second kappa shape index (κ2) is 6.38. The molecular weight excluding hydrogens is 288 g/mol. The molecule has 2 amide bonds. The molecule has 1 aromatic rings. The fraction of sp³-hybridized carbons (Fsp3) is 0.333. The van der Waals surface area contributed by atoms with Gasteiger partial charge in [-0.2, -0.15) is 0 Å². The summed E-state index contributed by atoms with van der Waals surface area (Å²) >= 11 is 0. The molecule has 2 unspecified atom stereocenters. The molecule has 2 atom stereocenters. The van der Waals surface area contributed by atoms with Crippen molar-refractivity contribution in [2.24, 2.45) is 5.92 Å². The Morgan fingerprint density at radius 3 is 2.55 bits per heavy atom. The van der Waals surface area contributed by atoms with Crippen LogP contribution in [0, 0.1) is 5.92 Å². The van der Waals surface area contributed by atoms with Gasteiger partial charge in [0.05, 0.1) is 27.4 Å². The molecule has 7 nitrogen and oxygen atoms in total. The topological polar surface area (TPSA) is 85.9 Å². The fourth-order valence-corrected chi connectivity index (χ4v) is 2.50. The normalized spacial score (nSPS) is 20.7. The molecular formula is C15H18N2O5. The number of rotatable bonds is 4. The zero-order chi connectivity index (χ0) is 16.3. The van der Waals surface area contributed by atoms with Gasteiger partial charge in [-0.3, -0.25) is 4.79 Å². The van der Waals surface area contributed by atoms with E-state index in [0.717, 1.165) is 0 Å². The maximum atomic E-state index is 12.1. The van der Waals surface area contributed by atoms with E-state index in [9.17, 15) is 9.59 Å². The number of methoxy groups -OCH3 is 3. The summed E-state index contributed by atoms with van der Waals surface area (Å²) < 4.78 is 15.4. The molecule has 7 heteroatoms. The fourth-order valence-electron chi connectivity index (χ4n) is 2.50. The van der Waals surface area contributed by atoms with Gasteiger partial charge in [-0.15, -0.1) is 0 Å². The second-order valence-electron chi connectivity index (χ2n) is 4.68. The number of urea groups is 1. The van der Waals surface area contributed by atoms with Crippen molar-refractivity contribution in [1.82, 2.24) is 10.6 Å². The third-order valence-corrected chi connectivity index (χ3v) is 3.49. The Bertz CT molecular complexity index is 614. The maximum Gasteiger partial charge on any atom is 0.319 e. The highest BCUT2D eigenvalue weighted by Gasteiger charge is 2.40. The van der Waals surface area contributed by atoms with E-state index < -0.39 is 24.0 Å². The van der Waals surface area contributed by atoms with E-state index >= 15 is 0 Å². The lowest BCUT2D eigenvalue weighted by molar-refractivity contribution is -0.145. The number of hydrogen-bond donors (Lipinski definition) is 2. The molecule has 118 valence electrons. The van der Waals surface area contributed by atoms with E-state index in [1.807, 2.05) is 0 Å². The Morgan fingerprint density at radius 1 is 1.23 bits per heavy atom. The SMILES string of the molecule is C=C1NC(=O)NC(c2cccc(OC)c2OC)C1C(=O)OC. The second-order valence-corrected chi connectivity index (χ2v) is 4.68. The maximum absolute atomic E-state index is 12.1. The van der Waals surface area contributed by atoms with Gasteiger partial charge in [0, 0.05) is 11.3 Å². The van der Waals surface area contributed by atoms with Gasteiger partial charge in [-0.1, -0.05) is 18.7 Å². The molecule has 1 aromatic carbocycles. The van der Waals surface area contributed by atoms with Crippen LogP contribution in [0.3, 0.4) is 0 Å². The number of ether oxygens (including phenoxy) is 3. The number of esters is 1. The summed E-state index contributed by atoms with van der Waals surface area (Å²) in [5.41, 5.74) is 0.874. The van der Waals surface area contributed by atoms with Crippen LogP contribution >= 0.6 is 0 Å². The van der Waals surface area contributed by atoms with E-state index in [2.05, 4.69) is 17.2 Å². The van der Waals surface area contributed by atoms with Gasteiger partial charge in [-0.25, -0.2) is 4.79 Å². The van der Waals surface area contributed by atoms with E-state index in [1.54, 1.807) is 18.2 Å². The van der Waals surface area contributed by atoms with Gasteiger partial charge in [-0.05, 0) is 6.07 Å². The van der Waals surface area contributed by atoms with Crippen LogP contribution in [0.2, 0.25) is 0 Å². The molecule has 1 aliphatic rings. The van der Waals surface area contributed by atoms with E-state index in [4.69, 9.17) is 14.2 Å². The quantitative estimate of drug-likeness (QED) is 0.820. The van der Waals surface area contributed by atoms with Crippen molar-refractivity contribution in [2.75, 3.05) is 21.3 Å². The minimum Gasteiger partial charge on any atom is -0.493 e. The highest BCUT2D eigenvalue weighted by molar-refractivity contribution is 5.85. The summed E-state index contributed by atoms with van der Waals surface area (Å²) in [7, 11) is 4.29. The van der Waals surface area contributed by atoms with Crippen molar-refractivity contribution in [3.8, 4) is 11.5 Å². The van der Waals surface area contributed by atoms with Crippen molar-refractivity contribution >= 4 is 12.0 Å². The molecule has 2 N–H and O–H groups in total. The first-order valence-corrected chi connectivity index (χ1v) is 6.58. The molecule has 0 aromatic heterocycles. The number of carbonyl (C=O) groups excluding carboxylic acids is 2. The zero-order valence-corrected chi connectivity index (χ0v) is 12.6. The predicted molar refractivity (Wildman–Crippen MR) is 78.6 cm³/mol. The smallest absolute Gasteiger partial charge is 0.319 e. The third kappa shape index (κ3) is 2.69. The molecule has 0 aliphatic carbocycles. The van der Waals surface area contributed by atoms with Crippen LogP contribution in [0.1, 0.15) is 11.6 Å². The van der Waals surface area contributed by atoms with Gasteiger partial charge in [0.25, 0.3) is 0 Å². The van der Waals surface area contributed by atoms with Crippen LogP contribution in [0.5, 0.6) is 11.5 Å². The monoisotopic (exact) mass is 306 g/mol. The number of para-hydroxylation sites is 1. The van der Waals surface area contributed by atoms with Gasteiger partial charge < -0.3 is 24.8 Å². The minimum atomic E-state index is -0.774. The molecule has 0 saturated carbocycles. The number of amides is 2. The number of hydrogen-bond acceptors (Lipinski definition) is 5. The average Bonchev–Trinajstić information content (AvgIpc) is 2.52. The molecule has 0 spiro atoms. The molecule has 22 heavy (non-hydrogen) atoms. The van der Waals surface area contributed by atoms with Crippen molar-refractivity contribution in [2.45, 2.75) is 6.04 Å². The summed E-state index contributed by atoms with van der Waals surface area (Å²) in [6, 6.07) is 4.12. The lowest BCUT2D eigenvalue weighted by atomic mass is 9.88. The van der Waals surface area contributed by atoms with Crippen molar-refractivity contribution in [3.05, 3.63) is 36.0 Å². The number of nitrogens with one attached hydrogen (secondary N) is 2. The van der Waals surface area contributed by atoms with Crippen LogP contribution in [-0.2, 0) is 9.53 Å². The minimum absolute atomic E-state index is 0.269. The molecule has 0 radical (unpaired) electrons. The van der Waals surface area contributed by atoms with E-state index in [1.165, 1.54) is 21.3 Å². The Kier molecular flexibility index (Phi) is 4.55. The molecule has 0 bridgehead atoms. The van der Waals surface area contributed by atoms with Crippen molar-refractivity contribution < 1.29 is 23.8 Å². The summed E-state index contributed by atoms with van der Waals surface area (Å²) in [4.78, 5) is 23.8. The van der Waals surface area contributed by atoms with Gasteiger partial charge >= 0.3 is 12.0 Å². The van der Waals surface area contributed by atoms with E-state index in [-0.39, 0.29) is 5.70 Å². The first-order chi connectivity index (χ1) is 10.5. The first kappa shape index (κ1) is 15.7. The lowest BCUT2D eigenvalue weighted by Crippen LogP contribution is -2.51. The molecule has 1 heterocycles. The van der Waals surface area contributed by atoms with E-state index in [0.29, 0.717) is 17.1 Å². The van der Waals surface area contributed by atoms with Crippen LogP contribution in [0.15, 0.2) is 30.5 Å². The molecule has 2 rings (SSSR count). The number of carbonyl (C=O) groups is 2. The lowest BCUT2D eigenvalue weighted by Gasteiger charge is -2.33. The molecule has 1 aliphatic heterocycles. The predicted octanol–water partition coefficient (Wildman–Crippen LogP) is 1.36. The standard InChI is InChI=1S/C15H18N2O5/c1-8-11(14(18)22-4)12(17-15(19)16-8)9-6-5-7-10(20-2)13(9)21-3/h5-7,11-12H,1H2,2-4H3,(H2,16,17,19). The highest BCUT2D eigenvalue weighted by Crippen LogP contribution is 2.40. The third-order valence-electron chi connectivity index (χ3n) is 3.49. The number of benzene rings is 1. The van der Waals surface area contributed by atoms with Crippen molar-refractivity contribution in [1.29, 1.82) is 0 Å². The van der Waals surface area contributed by atoms with Crippen LogP contribution in [0.4, 0.5) is 4.79 Å². The van der Waals surface area contributed by atoms with Crippen LogP contribution < -0.4 is 20.1 Å². The zero-order valence-electron chi connectivity index (χ0n) is 12.6. The largest absolute Gasteiger partial charge is 0.493 e. The molecule has 1 fully saturated rings. The van der Waals surface area contributed by atoms with Gasteiger partial charge in [0.15, 0.2) is 11.5 Å². The highest BCUT2D eigenvalue weighted by atomic mass is 16.5. The molecule has 1 saturated heterocycles. The Labute approximate surface area is 128 Å². The summed E-state index contributed by atoms with van der Waals surface area (Å²) in [6.07, 6.45) is 0. The van der Waals surface area contributed by atoms with Crippen LogP contribution in [-0.4, -0.2) is 33.3 Å².